The molecule has 254 valence electrons. The van der Waals surface area contributed by atoms with Crippen LogP contribution in [0.5, 0.6) is 0 Å². The number of nitrogens with zero attached hydrogens (tertiary/aromatic N) is 3. The lowest BCUT2D eigenvalue weighted by atomic mass is 9.54. The van der Waals surface area contributed by atoms with Crippen molar-refractivity contribution in [3.8, 4) is 0 Å². The van der Waals surface area contributed by atoms with Crippen LogP contribution in [0.4, 0.5) is 0 Å². The van der Waals surface area contributed by atoms with Crippen molar-refractivity contribution in [2.24, 2.45) is 35.5 Å². The van der Waals surface area contributed by atoms with Crippen molar-refractivity contribution in [3.63, 3.8) is 0 Å². The van der Waals surface area contributed by atoms with Crippen LogP contribution in [-0.2, 0) is 25.4 Å². The molecule has 3 saturated heterocycles. The third-order valence-corrected chi connectivity index (χ3v) is 12.6. The lowest BCUT2D eigenvalue weighted by Crippen LogP contribution is -2.76. The summed E-state index contributed by atoms with van der Waals surface area (Å²) < 4.78 is 26.9. The maximum absolute atomic E-state index is 12.9. The highest BCUT2D eigenvalue weighted by Gasteiger charge is 2.86. The minimum Gasteiger partial charge on any atom is -0.396 e. The van der Waals surface area contributed by atoms with Crippen LogP contribution in [0.3, 0.4) is 0 Å². The number of aliphatic hydroxyl groups is 6. The molecule has 6 fully saturated rings. The van der Waals surface area contributed by atoms with Gasteiger partial charge in [0.15, 0.2) is 5.82 Å². The summed E-state index contributed by atoms with van der Waals surface area (Å²) in [7, 11) is 0. The molecular formula is C31H50N4O10. The number of hydrogen-bond donors (Lipinski definition) is 7. The second-order valence-corrected chi connectivity index (χ2v) is 14.9. The predicted octanol–water partition coefficient (Wildman–Crippen LogP) is -0.196. The molecule has 3 aliphatic heterocycles. The number of nitrogens with one attached hydrogen (secondary N) is 1. The zero-order valence-corrected chi connectivity index (χ0v) is 26.4. The fraction of sp³-hybridized carbons (Fsp3) is 0.968. The van der Waals surface area contributed by atoms with Gasteiger partial charge in [-0.1, -0.05) is 51.2 Å². The third-order valence-electron chi connectivity index (χ3n) is 12.6. The molecule has 0 radical (unpaired) electrons. The number of aromatic nitrogens is 4. The van der Waals surface area contributed by atoms with E-state index in [0.29, 0.717) is 31.5 Å². The van der Waals surface area contributed by atoms with Gasteiger partial charge in [0, 0.05) is 30.8 Å². The lowest BCUT2D eigenvalue weighted by molar-refractivity contribution is -0.520. The molecule has 7 rings (SSSR count). The Morgan fingerprint density at radius 1 is 1.02 bits per heavy atom. The van der Waals surface area contributed by atoms with Gasteiger partial charge in [0.05, 0.1) is 30.5 Å². The van der Waals surface area contributed by atoms with Gasteiger partial charge in [-0.2, -0.15) is 5.21 Å². The van der Waals surface area contributed by atoms with E-state index in [2.05, 4.69) is 27.5 Å². The van der Waals surface area contributed by atoms with Gasteiger partial charge >= 0.3 is 5.97 Å². The van der Waals surface area contributed by atoms with Gasteiger partial charge in [-0.25, -0.2) is 0 Å². The second-order valence-electron chi connectivity index (χ2n) is 14.9. The van der Waals surface area contributed by atoms with Crippen LogP contribution in [-0.4, -0.2) is 124 Å². The highest BCUT2D eigenvalue weighted by Crippen LogP contribution is 2.71. The van der Waals surface area contributed by atoms with Crippen LogP contribution in [0, 0.1) is 35.5 Å². The minimum absolute atomic E-state index is 0.0145. The molecule has 45 heavy (non-hydrogen) atoms. The normalized spacial score (nSPS) is 53.3. The Bertz CT molecular complexity index is 1210. The molecule has 6 aliphatic rings. The van der Waals surface area contributed by atoms with E-state index in [1.807, 2.05) is 6.92 Å². The molecule has 14 nitrogen and oxygen atoms in total. The minimum atomic E-state index is -2.16. The highest BCUT2D eigenvalue weighted by molar-refractivity contribution is 5.33. The van der Waals surface area contributed by atoms with E-state index in [1.165, 1.54) is 0 Å². The first-order valence-corrected chi connectivity index (χ1v) is 16.9. The van der Waals surface area contributed by atoms with Crippen molar-refractivity contribution in [1.82, 2.24) is 20.6 Å². The zero-order chi connectivity index (χ0) is 31.9. The summed E-state index contributed by atoms with van der Waals surface area (Å²) in [6, 6.07) is 0. The van der Waals surface area contributed by atoms with Crippen LogP contribution in [0.2, 0.25) is 0 Å². The number of epoxide rings is 1. The van der Waals surface area contributed by atoms with Crippen molar-refractivity contribution >= 4 is 0 Å². The summed E-state index contributed by atoms with van der Waals surface area (Å²) in [4.78, 5) is 0. The number of rotatable bonds is 6. The largest absolute Gasteiger partial charge is 0.396 e. The quantitative estimate of drug-likeness (QED) is 0.201. The van der Waals surface area contributed by atoms with Gasteiger partial charge in [0.25, 0.3) is 0 Å². The van der Waals surface area contributed by atoms with E-state index in [1.54, 1.807) is 6.92 Å². The van der Waals surface area contributed by atoms with Crippen LogP contribution < -0.4 is 0 Å². The molecule has 7 N–H and O–H groups in total. The Hall–Kier alpha value is -1.33. The van der Waals surface area contributed by atoms with Crippen molar-refractivity contribution in [2.45, 2.75) is 138 Å². The predicted molar refractivity (Wildman–Crippen MR) is 154 cm³/mol. The monoisotopic (exact) mass is 638 g/mol. The van der Waals surface area contributed by atoms with Gasteiger partial charge in [-0.15, -0.1) is 10.2 Å². The third kappa shape index (κ3) is 4.47. The molecule has 14 heteroatoms. The number of hydrogen-bond acceptors (Lipinski definition) is 13. The van der Waals surface area contributed by atoms with Crippen molar-refractivity contribution in [3.05, 3.63) is 5.82 Å². The SMILES string of the molecule is CC(Cc1nn[nH]n1)OC12OC3CCC(CO)C4(O1)C3C1O[C@]1(CO)[C@@H](O)[C@@]1(O)C4C([C@@H](C)CCCCCCC2O)[C@H](C)[C@@H]1O. The fourth-order valence-corrected chi connectivity index (χ4v) is 10.6. The van der Waals surface area contributed by atoms with E-state index in [0.717, 1.165) is 25.7 Å². The first kappa shape index (κ1) is 32.2. The van der Waals surface area contributed by atoms with E-state index in [-0.39, 0.29) is 24.9 Å². The molecule has 1 aromatic rings. The Kier molecular flexibility index (Phi) is 8.15. The number of aliphatic hydroxyl groups excluding tert-OH is 5. The number of tetrazole rings is 1. The zero-order valence-electron chi connectivity index (χ0n) is 26.4. The van der Waals surface area contributed by atoms with Crippen LogP contribution >= 0.6 is 0 Å². The first-order valence-electron chi connectivity index (χ1n) is 16.9. The Morgan fingerprint density at radius 2 is 1.78 bits per heavy atom. The average molecular weight is 639 g/mol. The van der Waals surface area contributed by atoms with Crippen molar-refractivity contribution < 1.29 is 49.6 Å². The van der Waals surface area contributed by atoms with Crippen LogP contribution in [0.15, 0.2) is 0 Å². The standard InChI is InChI=1S/C31H50N4O10/c1-15-8-6-4-5-7-9-20(38)31(42-16(2)12-21-32-34-35-33-21)43-19-11-10-18(13-36)30(45-31)23(19)26-28(14-37,44-26)27(40)29(41)24(30)22(15)17(3)25(29)39/h15-20,22-27,36-41H,4-14H2,1-3H3,(H,32,33,34,35)/t15-,16?,17-,18?,19?,20?,22?,23?,24?,25-,26?,27+,28-,29+,30?,31?/m0/s1. The van der Waals surface area contributed by atoms with Gasteiger partial charge in [0.2, 0.25) is 0 Å². The second kappa shape index (κ2) is 11.4. The van der Waals surface area contributed by atoms with Gasteiger partial charge < -0.3 is 49.6 Å². The summed E-state index contributed by atoms with van der Waals surface area (Å²) in [5, 5.41) is 85.0. The maximum atomic E-state index is 12.9. The molecule has 3 aliphatic carbocycles. The molecule has 1 aromatic heterocycles. The Morgan fingerprint density at radius 3 is 2.47 bits per heavy atom. The summed E-state index contributed by atoms with van der Waals surface area (Å²) in [5.41, 5.74) is -5.17. The molecular weight excluding hydrogens is 588 g/mol. The van der Waals surface area contributed by atoms with E-state index < -0.39 is 89.7 Å². The smallest absolute Gasteiger partial charge is 0.311 e. The number of fused-ring (bicyclic) bond motifs is 2. The maximum Gasteiger partial charge on any atom is 0.311 e. The van der Waals surface area contributed by atoms with E-state index in [4.69, 9.17) is 18.9 Å². The van der Waals surface area contributed by atoms with Crippen molar-refractivity contribution in [1.29, 1.82) is 0 Å². The molecule has 4 heterocycles. The van der Waals surface area contributed by atoms with E-state index in [9.17, 15) is 30.6 Å². The van der Waals surface area contributed by atoms with E-state index >= 15 is 0 Å². The number of ether oxygens (including phenoxy) is 4. The number of aromatic amines is 1. The summed E-state index contributed by atoms with van der Waals surface area (Å²) in [5.74, 6) is -4.51. The average Bonchev–Trinajstić information content (AvgIpc) is 3.45. The Labute approximate surface area is 262 Å². The van der Waals surface area contributed by atoms with Gasteiger partial charge in [-0.05, 0) is 43.9 Å². The summed E-state index contributed by atoms with van der Waals surface area (Å²) in [6.45, 7) is 4.94. The summed E-state index contributed by atoms with van der Waals surface area (Å²) in [6.07, 6.45) is -0.456. The molecule has 10 unspecified atom stereocenters. The Balaban J connectivity index is 1.44. The lowest BCUT2D eigenvalue weighted by Gasteiger charge is -2.64. The molecule has 3 bridgehead atoms. The molecule has 1 spiro atoms. The number of H-pyrrole nitrogens is 1. The topological polar surface area (TPSA) is 216 Å². The summed E-state index contributed by atoms with van der Waals surface area (Å²) >= 11 is 0. The van der Waals surface area contributed by atoms with Gasteiger partial charge in [-0.3, -0.25) is 0 Å². The van der Waals surface area contributed by atoms with Crippen LogP contribution in [0.1, 0.15) is 78.0 Å². The van der Waals surface area contributed by atoms with Crippen molar-refractivity contribution in [2.75, 3.05) is 13.2 Å². The fourth-order valence-electron chi connectivity index (χ4n) is 10.6. The van der Waals surface area contributed by atoms with Gasteiger partial charge in [0.1, 0.15) is 29.5 Å². The molecule has 0 amide bonds. The molecule has 0 aromatic carbocycles. The molecule has 3 saturated carbocycles. The molecule has 16 atom stereocenters. The highest BCUT2D eigenvalue weighted by atomic mass is 16.9. The van der Waals surface area contributed by atoms with Crippen LogP contribution in [0.25, 0.3) is 0 Å². The first-order chi connectivity index (χ1) is 21.5.